The maximum Gasteiger partial charge on any atom is 0.220 e. The van der Waals surface area contributed by atoms with Crippen molar-refractivity contribution in [3.05, 3.63) is 12.4 Å². The Labute approximate surface area is 124 Å². The normalized spacial score (nSPS) is 20.9. The van der Waals surface area contributed by atoms with Gasteiger partial charge in [-0.05, 0) is 32.1 Å². The summed E-state index contributed by atoms with van der Waals surface area (Å²) in [6.45, 7) is 6.64. The molecule has 0 saturated carbocycles. The number of carbonyl (C=O) groups is 1. The molecule has 2 saturated heterocycles. The molecule has 1 aromatic rings. The molecule has 21 heavy (non-hydrogen) atoms. The largest absolute Gasteiger partial charge is 0.475 e. The molecule has 0 atom stereocenters. The second-order valence-corrected chi connectivity index (χ2v) is 6.32. The number of hydrogen-bond acceptors (Lipinski definition) is 5. The van der Waals surface area contributed by atoms with E-state index >= 15 is 0 Å². The van der Waals surface area contributed by atoms with Gasteiger partial charge in [-0.25, -0.2) is 9.97 Å². The van der Waals surface area contributed by atoms with Crippen LogP contribution < -0.4 is 15.0 Å². The summed E-state index contributed by atoms with van der Waals surface area (Å²) >= 11 is 0. The molecule has 6 nitrogen and oxygen atoms in total. The maximum atomic E-state index is 11.5. The lowest BCUT2D eigenvalue weighted by atomic mass is 9.78. The first-order valence-electron chi connectivity index (χ1n) is 7.57. The van der Waals surface area contributed by atoms with Gasteiger partial charge in [-0.15, -0.1) is 0 Å². The van der Waals surface area contributed by atoms with Crippen LogP contribution in [0.2, 0.25) is 0 Å². The van der Waals surface area contributed by atoms with Crippen molar-refractivity contribution in [2.45, 2.75) is 39.2 Å². The van der Waals surface area contributed by atoms with Gasteiger partial charge in [0, 0.05) is 32.1 Å². The molecule has 1 amide bonds. The van der Waals surface area contributed by atoms with Crippen molar-refractivity contribution in [1.29, 1.82) is 0 Å². The number of anilines is 1. The van der Waals surface area contributed by atoms with Crippen LogP contribution in [0, 0.1) is 5.41 Å². The van der Waals surface area contributed by atoms with E-state index in [0.717, 1.165) is 38.3 Å². The van der Waals surface area contributed by atoms with E-state index in [1.54, 1.807) is 6.33 Å². The third-order valence-electron chi connectivity index (χ3n) is 4.33. The average Bonchev–Trinajstić information content (AvgIpc) is 2.80. The lowest BCUT2D eigenvalue weighted by Crippen LogP contribution is -2.41. The van der Waals surface area contributed by atoms with E-state index < -0.39 is 0 Å². The predicted molar refractivity (Wildman–Crippen MR) is 79.3 cm³/mol. The number of aromatic nitrogens is 2. The summed E-state index contributed by atoms with van der Waals surface area (Å²) < 4.78 is 5.62. The maximum absolute atomic E-state index is 11.5. The number of piperidine rings is 1. The highest BCUT2D eigenvalue weighted by molar-refractivity contribution is 5.79. The highest BCUT2D eigenvalue weighted by Gasteiger charge is 2.41. The number of hydrogen-bond donors (Lipinski definition) is 1. The first kappa shape index (κ1) is 14.1. The fraction of sp³-hybridized carbons (Fsp3) is 0.667. The SMILES string of the molecule is CC(C)Oc1cc(N2CCC3(CC2)CNC(=O)C3)ncn1. The van der Waals surface area contributed by atoms with E-state index in [9.17, 15) is 4.79 Å². The predicted octanol–water partition coefficient (Wildman–Crippen LogP) is 1.37. The second kappa shape index (κ2) is 5.50. The van der Waals surface area contributed by atoms with Crippen molar-refractivity contribution in [3.8, 4) is 5.88 Å². The Bertz CT molecular complexity index is 524. The minimum absolute atomic E-state index is 0.105. The Balaban J connectivity index is 1.65. The fourth-order valence-corrected chi connectivity index (χ4v) is 3.12. The van der Waals surface area contributed by atoms with E-state index in [4.69, 9.17) is 4.74 Å². The highest BCUT2D eigenvalue weighted by Crippen LogP contribution is 2.38. The Morgan fingerprint density at radius 2 is 2.10 bits per heavy atom. The summed E-state index contributed by atoms with van der Waals surface area (Å²) in [5.74, 6) is 1.72. The number of carbonyl (C=O) groups excluding carboxylic acids is 1. The molecule has 6 heteroatoms. The van der Waals surface area contributed by atoms with Gasteiger partial charge in [0.2, 0.25) is 11.8 Å². The Kier molecular flexibility index (Phi) is 3.69. The minimum atomic E-state index is 0.105. The van der Waals surface area contributed by atoms with Crippen LogP contribution >= 0.6 is 0 Å². The standard InChI is InChI=1S/C15H22N4O2/c1-11(2)21-14-7-12(17-10-18-14)19-5-3-15(4-6-19)8-13(20)16-9-15/h7,10-11H,3-6,8-9H2,1-2H3,(H,16,20). The van der Waals surface area contributed by atoms with Gasteiger partial charge in [0.15, 0.2) is 0 Å². The molecule has 2 aliphatic rings. The van der Waals surface area contributed by atoms with Gasteiger partial charge in [0.1, 0.15) is 12.1 Å². The molecule has 1 N–H and O–H groups in total. The smallest absolute Gasteiger partial charge is 0.220 e. The summed E-state index contributed by atoms with van der Waals surface area (Å²) in [5.41, 5.74) is 0.165. The van der Waals surface area contributed by atoms with Crippen LogP contribution in [-0.4, -0.2) is 41.6 Å². The van der Waals surface area contributed by atoms with Crippen molar-refractivity contribution in [2.75, 3.05) is 24.5 Å². The fourth-order valence-electron chi connectivity index (χ4n) is 3.12. The summed E-state index contributed by atoms with van der Waals surface area (Å²) in [6, 6.07) is 1.90. The van der Waals surface area contributed by atoms with Crippen LogP contribution in [0.4, 0.5) is 5.82 Å². The molecule has 0 radical (unpaired) electrons. The number of amides is 1. The molecule has 0 aromatic carbocycles. The zero-order chi connectivity index (χ0) is 14.9. The molecule has 0 unspecified atom stereocenters. The van der Waals surface area contributed by atoms with Gasteiger partial charge in [0.05, 0.1) is 6.10 Å². The van der Waals surface area contributed by atoms with Gasteiger partial charge >= 0.3 is 0 Å². The van der Waals surface area contributed by atoms with Crippen LogP contribution in [0.1, 0.15) is 33.1 Å². The molecule has 3 rings (SSSR count). The van der Waals surface area contributed by atoms with E-state index in [0.29, 0.717) is 12.3 Å². The highest BCUT2D eigenvalue weighted by atomic mass is 16.5. The van der Waals surface area contributed by atoms with Crippen molar-refractivity contribution < 1.29 is 9.53 Å². The van der Waals surface area contributed by atoms with Crippen molar-refractivity contribution >= 4 is 11.7 Å². The molecular formula is C15H22N4O2. The Morgan fingerprint density at radius 1 is 1.33 bits per heavy atom. The molecular weight excluding hydrogens is 268 g/mol. The van der Waals surface area contributed by atoms with E-state index in [1.165, 1.54) is 0 Å². The number of nitrogens with one attached hydrogen (secondary N) is 1. The van der Waals surface area contributed by atoms with Crippen molar-refractivity contribution in [2.24, 2.45) is 5.41 Å². The number of nitrogens with zero attached hydrogens (tertiary/aromatic N) is 3. The van der Waals surface area contributed by atoms with Gasteiger partial charge in [0.25, 0.3) is 0 Å². The van der Waals surface area contributed by atoms with Crippen LogP contribution in [0.5, 0.6) is 5.88 Å². The van der Waals surface area contributed by atoms with Crippen LogP contribution in [0.15, 0.2) is 12.4 Å². The summed E-state index contributed by atoms with van der Waals surface area (Å²) in [7, 11) is 0. The zero-order valence-electron chi connectivity index (χ0n) is 12.6. The summed E-state index contributed by atoms with van der Waals surface area (Å²) in [6.07, 6.45) is 4.38. The average molecular weight is 290 g/mol. The third kappa shape index (κ3) is 3.09. The molecule has 1 aromatic heterocycles. The van der Waals surface area contributed by atoms with Gasteiger partial charge in [-0.2, -0.15) is 0 Å². The molecule has 3 heterocycles. The number of rotatable bonds is 3. The van der Waals surface area contributed by atoms with Crippen LogP contribution in [-0.2, 0) is 4.79 Å². The lowest BCUT2D eigenvalue weighted by Gasteiger charge is -2.38. The topological polar surface area (TPSA) is 67.3 Å². The molecule has 1 spiro atoms. The second-order valence-electron chi connectivity index (χ2n) is 6.32. The summed E-state index contributed by atoms with van der Waals surface area (Å²) in [4.78, 5) is 22.2. The van der Waals surface area contributed by atoms with Gasteiger partial charge in [-0.3, -0.25) is 4.79 Å². The third-order valence-corrected chi connectivity index (χ3v) is 4.33. The molecule has 114 valence electrons. The monoisotopic (exact) mass is 290 g/mol. The van der Waals surface area contributed by atoms with Gasteiger partial charge in [-0.1, -0.05) is 0 Å². The van der Waals surface area contributed by atoms with E-state index in [2.05, 4.69) is 20.2 Å². The summed E-state index contributed by atoms with van der Waals surface area (Å²) in [5, 5.41) is 2.96. The molecule has 2 aliphatic heterocycles. The van der Waals surface area contributed by atoms with Crippen molar-refractivity contribution in [3.63, 3.8) is 0 Å². The van der Waals surface area contributed by atoms with Crippen LogP contribution in [0.25, 0.3) is 0 Å². The molecule has 0 bridgehead atoms. The quantitative estimate of drug-likeness (QED) is 0.910. The number of ether oxygens (including phenoxy) is 1. The zero-order valence-corrected chi connectivity index (χ0v) is 12.6. The Hall–Kier alpha value is -1.85. The van der Waals surface area contributed by atoms with Crippen LogP contribution in [0.3, 0.4) is 0 Å². The van der Waals surface area contributed by atoms with E-state index in [1.807, 2.05) is 19.9 Å². The van der Waals surface area contributed by atoms with E-state index in [-0.39, 0.29) is 17.4 Å². The van der Waals surface area contributed by atoms with Gasteiger partial charge < -0.3 is 15.0 Å². The first-order chi connectivity index (χ1) is 10.1. The lowest BCUT2D eigenvalue weighted by molar-refractivity contribution is -0.119. The molecule has 0 aliphatic carbocycles. The Morgan fingerprint density at radius 3 is 2.71 bits per heavy atom. The van der Waals surface area contributed by atoms with Crippen molar-refractivity contribution in [1.82, 2.24) is 15.3 Å². The first-order valence-corrected chi connectivity index (χ1v) is 7.57. The molecule has 2 fully saturated rings. The minimum Gasteiger partial charge on any atom is -0.475 e.